The molecule has 2 unspecified atom stereocenters. The van der Waals surface area contributed by atoms with Gasteiger partial charge >= 0.3 is 0 Å². The summed E-state index contributed by atoms with van der Waals surface area (Å²) in [7, 11) is 1.43. The Labute approximate surface area is 153 Å². The van der Waals surface area contributed by atoms with Crippen LogP contribution in [0, 0.1) is 15.5 Å². The highest BCUT2D eigenvalue weighted by Crippen LogP contribution is 2.31. The minimum atomic E-state index is -0.538. The van der Waals surface area contributed by atoms with Crippen molar-refractivity contribution in [1.29, 1.82) is 0 Å². The lowest BCUT2D eigenvalue weighted by Crippen LogP contribution is -2.42. The van der Waals surface area contributed by atoms with E-state index in [1.165, 1.54) is 19.2 Å². The van der Waals surface area contributed by atoms with Gasteiger partial charge in [-0.25, -0.2) is 0 Å². The Morgan fingerprint density at radius 3 is 2.76 bits per heavy atom. The van der Waals surface area contributed by atoms with Gasteiger partial charge in [0.2, 0.25) is 5.91 Å². The summed E-state index contributed by atoms with van der Waals surface area (Å²) in [5, 5.41) is 13.9. The van der Waals surface area contributed by atoms with Gasteiger partial charge in [-0.05, 0) is 44.0 Å². The minimum Gasteiger partial charge on any atom is -0.496 e. The van der Waals surface area contributed by atoms with E-state index in [1.807, 2.05) is 0 Å². The summed E-state index contributed by atoms with van der Waals surface area (Å²) in [5.74, 6) is 0.0931. The molecule has 0 bridgehead atoms. The molecule has 1 saturated heterocycles. The van der Waals surface area contributed by atoms with Crippen LogP contribution in [0.4, 0.5) is 11.4 Å². The average molecular weight is 373 g/mol. The van der Waals surface area contributed by atoms with Crippen LogP contribution in [-0.2, 0) is 4.79 Å². The van der Waals surface area contributed by atoms with E-state index in [4.69, 9.17) is 10.5 Å². The Balaban J connectivity index is 0.00000312. The first-order valence-corrected chi connectivity index (χ1v) is 7.87. The van der Waals surface area contributed by atoms with E-state index >= 15 is 0 Å². The number of carbonyl (C=O) groups excluding carboxylic acids is 1. The summed E-state index contributed by atoms with van der Waals surface area (Å²) < 4.78 is 4.99. The molecule has 1 aliphatic heterocycles. The molecule has 1 heterocycles. The Hall–Kier alpha value is -1.90. The minimum absolute atomic E-state index is 0. The fraction of sp³-hybridized carbons (Fsp3) is 0.562. The van der Waals surface area contributed by atoms with E-state index in [1.54, 1.807) is 13.0 Å². The molecule has 9 heteroatoms. The highest BCUT2D eigenvalue weighted by atomic mass is 35.5. The quantitative estimate of drug-likeness (QED) is 0.583. The fourth-order valence-electron chi connectivity index (χ4n) is 2.86. The zero-order valence-electron chi connectivity index (χ0n) is 14.7. The molecule has 3 N–H and O–H groups in total. The molecule has 1 aromatic carbocycles. The number of amides is 1. The second-order valence-electron chi connectivity index (χ2n) is 6.54. The van der Waals surface area contributed by atoms with Crippen LogP contribution in [0.5, 0.6) is 5.75 Å². The molecule has 2 rings (SSSR count). The topological polar surface area (TPSA) is 111 Å². The molecule has 140 valence electrons. The smallest absolute Gasteiger partial charge is 0.296 e. The third-order valence-electron chi connectivity index (χ3n) is 4.67. The Kier molecular flexibility index (Phi) is 7.16. The molecule has 25 heavy (non-hydrogen) atoms. The predicted octanol–water partition coefficient (Wildman–Crippen LogP) is 2.02. The first kappa shape index (κ1) is 21.1. The second-order valence-corrected chi connectivity index (χ2v) is 6.54. The summed E-state index contributed by atoms with van der Waals surface area (Å²) >= 11 is 0. The van der Waals surface area contributed by atoms with E-state index < -0.39 is 4.92 Å². The van der Waals surface area contributed by atoms with Crippen molar-refractivity contribution in [3.05, 3.63) is 28.3 Å². The number of nitrogens with zero attached hydrogens (tertiary/aromatic N) is 2. The highest BCUT2D eigenvalue weighted by molar-refractivity contribution is 5.96. The number of carbonyl (C=O) groups is 1. The lowest BCUT2D eigenvalue weighted by molar-refractivity contribution is -0.384. The largest absolute Gasteiger partial charge is 0.496 e. The predicted molar refractivity (Wildman–Crippen MR) is 98.3 cm³/mol. The SMILES string of the molecule is COc1ccc(NC(=O)C(C)N2CCC(C)(CN)C2)c([N+](=O)[O-])c1.Cl. The molecule has 0 radical (unpaired) electrons. The standard InChI is InChI=1S/C16H24N4O4.ClH/c1-11(19-7-6-16(2,9-17)10-19)15(21)18-13-5-4-12(24-3)8-14(13)20(22)23;/h4-5,8,11H,6-7,9-10,17H2,1-3H3,(H,18,21);1H. The van der Waals surface area contributed by atoms with Gasteiger partial charge in [-0.2, -0.15) is 0 Å². The normalized spacial score (nSPS) is 21.3. The number of halogens is 1. The summed E-state index contributed by atoms with van der Waals surface area (Å²) in [4.78, 5) is 25.2. The van der Waals surface area contributed by atoms with Gasteiger partial charge in [-0.15, -0.1) is 12.4 Å². The number of nitro groups is 1. The van der Waals surface area contributed by atoms with E-state index in [9.17, 15) is 14.9 Å². The molecule has 1 aliphatic rings. The van der Waals surface area contributed by atoms with Crippen LogP contribution < -0.4 is 15.8 Å². The van der Waals surface area contributed by atoms with Gasteiger partial charge in [0.15, 0.2) is 0 Å². The molecule has 0 aromatic heterocycles. The zero-order chi connectivity index (χ0) is 17.9. The van der Waals surface area contributed by atoms with Crippen LogP contribution in [0.1, 0.15) is 20.3 Å². The number of nitro benzene ring substituents is 1. The van der Waals surface area contributed by atoms with Crippen molar-refractivity contribution in [2.75, 3.05) is 32.1 Å². The van der Waals surface area contributed by atoms with Crippen LogP contribution in [0.3, 0.4) is 0 Å². The number of ether oxygens (including phenoxy) is 1. The first-order chi connectivity index (χ1) is 11.3. The van der Waals surface area contributed by atoms with E-state index in [2.05, 4.69) is 17.1 Å². The molecule has 1 fully saturated rings. The molecule has 0 saturated carbocycles. The first-order valence-electron chi connectivity index (χ1n) is 7.87. The molecular weight excluding hydrogens is 348 g/mol. The second kappa shape index (κ2) is 8.46. The van der Waals surface area contributed by atoms with Gasteiger partial charge in [0.25, 0.3) is 5.69 Å². The fourth-order valence-corrected chi connectivity index (χ4v) is 2.86. The maximum atomic E-state index is 12.5. The molecule has 0 aliphatic carbocycles. The van der Waals surface area contributed by atoms with E-state index in [-0.39, 0.29) is 41.1 Å². The number of nitrogens with two attached hydrogens (primary N) is 1. The third-order valence-corrected chi connectivity index (χ3v) is 4.67. The van der Waals surface area contributed by atoms with Crippen LogP contribution in [0.15, 0.2) is 18.2 Å². The Morgan fingerprint density at radius 2 is 2.24 bits per heavy atom. The summed E-state index contributed by atoms with van der Waals surface area (Å²) in [5.41, 5.74) is 5.78. The molecule has 8 nitrogen and oxygen atoms in total. The summed E-state index contributed by atoms with van der Waals surface area (Å²) in [6, 6.07) is 3.96. The number of likely N-dealkylation sites (tertiary alicyclic amines) is 1. The summed E-state index contributed by atoms with van der Waals surface area (Å²) in [6.07, 6.45) is 0.934. The van der Waals surface area contributed by atoms with E-state index in [0.29, 0.717) is 12.3 Å². The Bertz CT molecular complexity index is 643. The average Bonchev–Trinajstić information content (AvgIpc) is 2.97. The van der Waals surface area contributed by atoms with Crippen molar-refractivity contribution in [1.82, 2.24) is 4.90 Å². The van der Waals surface area contributed by atoms with Gasteiger partial charge in [-0.3, -0.25) is 19.8 Å². The highest BCUT2D eigenvalue weighted by Gasteiger charge is 2.36. The van der Waals surface area contributed by atoms with Crippen molar-refractivity contribution in [2.24, 2.45) is 11.1 Å². The number of rotatable bonds is 6. The molecule has 1 aromatic rings. The molecule has 2 atom stereocenters. The third kappa shape index (κ3) is 4.81. The van der Waals surface area contributed by atoms with Crippen molar-refractivity contribution in [3.63, 3.8) is 0 Å². The zero-order valence-corrected chi connectivity index (χ0v) is 15.5. The lowest BCUT2D eigenvalue weighted by Gasteiger charge is -2.26. The summed E-state index contributed by atoms with van der Waals surface area (Å²) in [6.45, 7) is 6.00. The number of methoxy groups -OCH3 is 1. The van der Waals surface area contributed by atoms with Crippen LogP contribution in [0.2, 0.25) is 0 Å². The monoisotopic (exact) mass is 372 g/mol. The van der Waals surface area contributed by atoms with Gasteiger partial charge < -0.3 is 15.8 Å². The van der Waals surface area contributed by atoms with Crippen molar-refractivity contribution in [2.45, 2.75) is 26.3 Å². The molecule has 1 amide bonds. The maximum Gasteiger partial charge on any atom is 0.296 e. The van der Waals surface area contributed by atoms with E-state index in [0.717, 1.165) is 19.5 Å². The Morgan fingerprint density at radius 1 is 1.56 bits per heavy atom. The lowest BCUT2D eigenvalue weighted by atomic mass is 9.90. The molecular formula is C16H25ClN4O4. The number of nitrogens with one attached hydrogen (secondary N) is 1. The van der Waals surface area contributed by atoms with Gasteiger partial charge in [-0.1, -0.05) is 6.92 Å². The van der Waals surface area contributed by atoms with Crippen molar-refractivity contribution < 1.29 is 14.5 Å². The molecule has 0 spiro atoms. The van der Waals surface area contributed by atoms with Crippen molar-refractivity contribution in [3.8, 4) is 5.75 Å². The number of hydrogen-bond donors (Lipinski definition) is 2. The van der Waals surface area contributed by atoms with Gasteiger partial charge in [0.05, 0.1) is 24.1 Å². The van der Waals surface area contributed by atoms with Crippen molar-refractivity contribution >= 4 is 29.7 Å². The van der Waals surface area contributed by atoms with Crippen LogP contribution in [0.25, 0.3) is 0 Å². The van der Waals surface area contributed by atoms with Gasteiger partial charge in [0.1, 0.15) is 11.4 Å². The number of hydrogen-bond acceptors (Lipinski definition) is 6. The van der Waals surface area contributed by atoms with Crippen LogP contribution in [-0.4, -0.2) is 48.5 Å². The van der Waals surface area contributed by atoms with Gasteiger partial charge in [0, 0.05) is 6.54 Å². The maximum absolute atomic E-state index is 12.5. The number of benzene rings is 1. The number of anilines is 1. The van der Waals surface area contributed by atoms with Crippen LogP contribution >= 0.6 is 12.4 Å².